The minimum atomic E-state index is -0.615. The molecular weight excluding hydrogens is 308 g/mol. The molecule has 0 atom stereocenters. The second kappa shape index (κ2) is 6.71. The Balaban J connectivity index is 1.74. The number of anilines is 1. The number of methoxy groups -OCH3 is 1. The number of benzene rings is 2. The van der Waals surface area contributed by atoms with Crippen LogP contribution in [-0.4, -0.2) is 16.9 Å². The van der Waals surface area contributed by atoms with Crippen LogP contribution < -0.4 is 15.8 Å². The second-order valence-corrected chi connectivity index (χ2v) is 4.92. The van der Waals surface area contributed by atoms with Crippen molar-refractivity contribution in [1.29, 1.82) is 5.26 Å². The van der Waals surface area contributed by atoms with Gasteiger partial charge in [0.05, 0.1) is 24.4 Å². The maximum Gasteiger partial charge on any atom is 0.444 e. The predicted molar refractivity (Wildman–Crippen MR) is 87.1 cm³/mol. The van der Waals surface area contributed by atoms with Crippen LogP contribution in [0.5, 0.6) is 6.08 Å². The van der Waals surface area contributed by atoms with E-state index in [1.807, 2.05) is 30.3 Å². The molecule has 0 radical (unpaired) electrons. The first-order valence-electron chi connectivity index (χ1n) is 7.17. The van der Waals surface area contributed by atoms with E-state index >= 15 is 0 Å². The van der Waals surface area contributed by atoms with Crippen molar-refractivity contribution in [3.63, 3.8) is 0 Å². The van der Waals surface area contributed by atoms with Gasteiger partial charge in [-0.05, 0) is 35.9 Å². The van der Waals surface area contributed by atoms with Crippen LogP contribution in [0.4, 0.5) is 5.69 Å². The van der Waals surface area contributed by atoms with Crippen molar-refractivity contribution in [2.45, 2.75) is 6.54 Å². The summed E-state index contributed by atoms with van der Waals surface area (Å²) in [5, 5.41) is 16.2. The second-order valence-electron chi connectivity index (χ2n) is 4.92. The molecule has 0 fully saturated rings. The van der Waals surface area contributed by atoms with Crippen LogP contribution in [0.1, 0.15) is 11.1 Å². The molecule has 7 heteroatoms. The number of nitrogens with zero attached hydrogens (tertiary/aromatic N) is 3. The van der Waals surface area contributed by atoms with Gasteiger partial charge < -0.3 is 14.5 Å². The quantitative estimate of drug-likeness (QED) is 0.775. The summed E-state index contributed by atoms with van der Waals surface area (Å²) in [4.78, 5) is 11.7. The highest BCUT2D eigenvalue weighted by Gasteiger charge is 2.09. The molecule has 2 aromatic carbocycles. The Morgan fingerprint density at radius 3 is 2.67 bits per heavy atom. The number of nitriles is 1. The summed E-state index contributed by atoms with van der Waals surface area (Å²) in [5.74, 6) is -0.615. The van der Waals surface area contributed by atoms with Gasteiger partial charge in [0.1, 0.15) is 0 Å². The molecule has 1 heterocycles. The maximum atomic E-state index is 11.7. The zero-order chi connectivity index (χ0) is 16.9. The van der Waals surface area contributed by atoms with Gasteiger partial charge in [-0.2, -0.15) is 9.94 Å². The van der Waals surface area contributed by atoms with Gasteiger partial charge in [0.15, 0.2) is 0 Å². The average Bonchev–Trinajstić information content (AvgIpc) is 3.01. The SMILES string of the molecule is COc1nn(-c2ccc(NCc3ccccc3C#N)cc2)c(=O)o1. The fourth-order valence-electron chi connectivity index (χ4n) is 2.21. The Morgan fingerprint density at radius 2 is 2.00 bits per heavy atom. The molecule has 0 amide bonds. The van der Waals surface area contributed by atoms with E-state index in [-0.39, 0.29) is 6.08 Å². The van der Waals surface area contributed by atoms with Crippen LogP contribution >= 0.6 is 0 Å². The summed E-state index contributed by atoms with van der Waals surface area (Å²) in [7, 11) is 1.38. The Hall–Kier alpha value is -3.53. The van der Waals surface area contributed by atoms with Gasteiger partial charge in [0.2, 0.25) is 0 Å². The van der Waals surface area contributed by atoms with E-state index in [4.69, 9.17) is 14.4 Å². The Kier molecular flexibility index (Phi) is 4.29. The lowest BCUT2D eigenvalue weighted by Gasteiger charge is -2.08. The molecule has 0 bridgehead atoms. The fourth-order valence-corrected chi connectivity index (χ4v) is 2.21. The van der Waals surface area contributed by atoms with Gasteiger partial charge in [-0.3, -0.25) is 0 Å². The molecule has 0 spiro atoms. The van der Waals surface area contributed by atoms with Crippen LogP contribution in [-0.2, 0) is 6.54 Å². The monoisotopic (exact) mass is 322 g/mol. The van der Waals surface area contributed by atoms with E-state index < -0.39 is 5.76 Å². The van der Waals surface area contributed by atoms with E-state index in [0.29, 0.717) is 17.8 Å². The first-order chi connectivity index (χ1) is 11.7. The topological polar surface area (TPSA) is 93.1 Å². The van der Waals surface area contributed by atoms with Crippen molar-refractivity contribution in [3.05, 3.63) is 70.2 Å². The van der Waals surface area contributed by atoms with E-state index in [0.717, 1.165) is 15.9 Å². The predicted octanol–water partition coefficient (Wildman–Crippen LogP) is 2.32. The highest BCUT2D eigenvalue weighted by Crippen LogP contribution is 2.15. The third kappa shape index (κ3) is 3.13. The normalized spacial score (nSPS) is 10.2. The van der Waals surface area contributed by atoms with Crippen LogP contribution in [0.15, 0.2) is 57.7 Å². The lowest BCUT2D eigenvalue weighted by atomic mass is 10.1. The number of ether oxygens (including phenoxy) is 1. The van der Waals surface area contributed by atoms with Crippen LogP contribution in [0.2, 0.25) is 0 Å². The molecule has 3 aromatic rings. The fraction of sp³-hybridized carbons (Fsp3) is 0.118. The van der Waals surface area contributed by atoms with Crippen molar-refractivity contribution >= 4 is 5.69 Å². The summed E-state index contributed by atoms with van der Waals surface area (Å²) in [6.07, 6.45) is -0.0877. The standard InChI is InChI=1S/C17H14N4O3/c1-23-16-20-21(17(22)24-16)15-8-6-14(7-9-15)19-11-13-5-3-2-4-12(13)10-18/h2-9,19H,11H2,1H3. The molecule has 1 aromatic heterocycles. The molecule has 0 saturated carbocycles. The summed E-state index contributed by atoms with van der Waals surface area (Å²) in [6, 6.07) is 16.7. The van der Waals surface area contributed by atoms with Crippen LogP contribution in [0, 0.1) is 11.3 Å². The third-order valence-electron chi connectivity index (χ3n) is 3.44. The highest BCUT2D eigenvalue weighted by molar-refractivity contribution is 5.49. The lowest BCUT2D eigenvalue weighted by Crippen LogP contribution is -2.13. The summed E-state index contributed by atoms with van der Waals surface area (Å²) in [5.41, 5.74) is 2.98. The number of aromatic nitrogens is 2. The molecule has 120 valence electrons. The summed E-state index contributed by atoms with van der Waals surface area (Å²) in [6.45, 7) is 0.529. The Bertz CT molecular complexity index is 935. The number of hydrogen-bond acceptors (Lipinski definition) is 6. The van der Waals surface area contributed by atoms with Crippen molar-refractivity contribution in [2.24, 2.45) is 0 Å². The third-order valence-corrected chi connectivity index (χ3v) is 3.44. The Labute approximate surface area is 137 Å². The minimum absolute atomic E-state index is 0.0877. The molecule has 0 aliphatic heterocycles. The number of rotatable bonds is 5. The number of nitrogens with one attached hydrogen (secondary N) is 1. The van der Waals surface area contributed by atoms with E-state index in [1.165, 1.54) is 7.11 Å². The summed E-state index contributed by atoms with van der Waals surface area (Å²) >= 11 is 0. The molecular formula is C17H14N4O3. The molecule has 0 unspecified atom stereocenters. The van der Waals surface area contributed by atoms with Crippen molar-refractivity contribution in [3.8, 4) is 17.8 Å². The molecule has 7 nitrogen and oxygen atoms in total. The lowest BCUT2D eigenvalue weighted by molar-refractivity contribution is 0.282. The van der Waals surface area contributed by atoms with Gasteiger partial charge in [-0.15, -0.1) is 0 Å². The molecule has 1 N–H and O–H groups in total. The van der Waals surface area contributed by atoms with Crippen molar-refractivity contribution in [2.75, 3.05) is 12.4 Å². The molecule has 24 heavy (non-hydrogen) atoms. The van der Waals surface area contributed by atoms with Crippen molar-refractivity contribution in [1.82, 2.24) is 9.78 Å². The van der Waals surface area contributed by atoms with Crippen LogP contribution in [0.3, 0.4) is 0 Å². The van der Waals surface area contributed by atoms with Gasteiger partial charge in [-0.25, -0.2) is 4.79 Å². The van der Waals surface area contributed by atoms with Crippen molar-refractivity contribution < 1.29 is 9.15 Å². The van der Waals surface area contributed by atoms with Gasteiger partial charge >= 0.3 is 11.8 Å². The highest BCUT2D eigenvalue weighted by atomic mass is 16.6. The largest absolute Gasteiger partial charge is 0.452 e. The first-order valence-corrected chi connectivity index (χ1v) is 7.17. The van der Waals surface area contributed by atoms with E-state index in [9.17, 15) is 4.79 Å². The van der Waals surface area contributed by atoms with Gasteiger partial charge in [0, 0.05) is 12.2 Å². The number of hydrogen-bond donors (Lipinski definition) is 1. The van der Waals surface area contributed by atoms with Crippen LogP contribution in [0.25, 0.3) is 5.69 Å². The molecule has 0 aliphatic carbocycles. The zero-order valence-electron chi connectivity index (χ0n) is 12.9. The maximum absolute atomic E-state index is 11.7. The Morgan fingerprint density at radius 1 is 1.25 bits per heavy atom. The first kappa shape index (κ1) is 15.4. The minimum Gasteiger partial charge on any atom is -0.452 e. The van der Waals surface area contributed by atoms with Gasteiger partial charge in [0.25, 0.3) is 0 Å². The molecule has 0 saturated heterocycles. The summed E-state index contributed by atoms with van der Waals surface area (Å²) < 4.78 is 10.7. The van der Waals surface area contributed by atoms with E-state index in [1.54, 1.807) is 18.2 Å². The molecule has 3 rings (SSSR count). The zero-order valence-corrected chi connectivity index (χ0v) is 12.9. The van der Waals surface area contributed by atoms with E-state index in [2.05, 4.69) is 16.5 Å². The average molecular weight is 322 g/mol. The molecule has 0 aliphatic rings. The van der Waals surface area contributed by atoms with Gasteiger partial charge in [-0.1, -0.05) is 23.3 Å². The smallest absolute Gasteiger partial charge is 0.444 e.